The third-order valence-electron chi connectivity index (χ3n) is 1.96. The third-order valence-corrected chi connectivity index (χ3v) is 3.30. The summed E-state index contributed by atoms with van der Waals surface area (Å²) in [5.41, 5.74) is 0.586. The first-order valence-electron chi connectivity index (χ1n) is 4.36. The summed E-state index contributed by atoms with van der Waals surface area (Å²) in [6, 6.07) is 7.25. The molecule has 2 rings (SSSR count). The van der Waals surface area contributed by atoms with Gasteiger partial charge in [-0.25, -0.2) is 9.18 Å². The SMILES string of the molecule is O=C(O)c1ccc(-c2cc(F)cc(Cl)c2)s1. The van der Waals surface area contributed by atoms with Crippen LogP contribution < -0.4 is 0 Å². The second-order valence-corrected chi connectivity index (χ2v) is 4.65. The second kappa shape index (κ2) is 4.23. The van der Waals surface area contributed by atoms with Crippen LogP contribution in [0.1, 0.15) is 9.67 Å². The Morgan fingerprint density at radius 3 is 2.62 bits per heavy atom. The Hall–Kier alpha value is -1.39. The van der Waals surface area contributed by atoms with Gasteiger partial charge in [-0.1, -0.05) is 11.6 Å². The predicted molar refractivity (Wildman–Crippen MR) is 61.7 cm³/mol. The average molecular weight is 257 g/mol. The molecule has 0 atom stereocenters. The molecule has 2 nitrogen and oxygen atoms in total. The average Bonchev–Trinajstić information content (AvgIpc) is 2.64. The fraction of sp³-hybridized carbons (Fsp3) is 0. The molecule has 0 amide bonds. The maximum atomic E-state index is 13.1. The molecule has 82 valence electrons. The second-order valence-electron chi connectivity index (χ2n) is 3.13. The third kappa shape index (κ3) is 2.23. The Morgan fingerprint density at radius 2 is 2.06 bits per heavy atom. The topological polar surface area (TPSA) is 37.3 Å². The lowest BCUT2D eigenvalue weighted by Gasteiger charge is -1.98. The number of hydrogen-bond acceptors (Lipinski definition) is 2. The van der Waals surface area contributed by atoms with Crippen LogP contribution in [0.5, 0.6) is 0 Å². The van der Waals surface area contributed by atoms with Gasteiger partial charge in [0.1, 0.15) is 10.7 Å². The minimum absolute atomic E-state index is 0.218. The van der Waals surface area contributed by atoms with Crippen LogP contribution in [0.15, 0.2) is 30.3 Å². The molecule has 1 aromatic carbocycles. The summed E-state index contributed by atoms with van der Waals surface area (Å²) in [7, 11) is 0. The van der Waals surface area contributed by atoms with E-state index in [4.69, 9.17) is 16.7 Å². The lowest BCUT2D eigenvalue weighted by Crippen LogP contribution is -1.89. The van der Waals surface area contributed by atoms with Crippen molar-refractivity contribution in [1.82, 2.24) is 0 Å². The van der Waals surface area contributed by atoms with Crippen LogP contribution in [0.3, 0.4) is 0 Å². The van der Waals surface area contributed by atoms with Gasteiger partial charge in [0.15, 0.2) is 0 Å². The van der Waals surface area contributed by atoms with E-state index in [1.54, 1.807) is 12.1 Å². The van der Waals surface area contributed by atoms with Gasteiger partial charge in [0, 0.05) is 9.90 Å². The Kier molecular flexibility index (Phi) is 2.94. The Morgan fingerprint density at radius 1 is 1.31 bits per heavy atom. The molecule has 0 unspecified atom stereocenters. The minimum atomic E-state index is -0.987. The molecular weight excluding hydrogens is 251 g/mol. The van der Waals surface area contributed by atoms with E-state index in [1.807, 2.05) is 0 Å². The zero-order chi connectivity index (χ0) is 11.7. The summed E-state index contributed by atoms with van der Waals surface area (Å²) >= 11 is 6.80. The number of carbonyl (C=O) groups is 1. The van der Waals surface area contributed by atoms with E-state index in [-0.39, 0.29) is 4.88 Å². The molecule has 1 heterocycles. The summed E-state index contributed by atoms with van der Waals surface area (Å²) in [6.07, 6.45) is 0. The molecule has 0 aliphatic carbocycles. The summed E-state index contributed by atoms with van der Waals surface area (Å²) in [6.45, 7) is 0. The molecule has 2 aromatic rings. The number of benzene rings is 1. The molecule has 0 aliphatic heterocycles. The van der Waals surface area contributed by atoms with E-state index in [9.17, 15) is 9.18 Å². The largest absolute Gasteiger partial charge is 0.477 e. The maximum absolute atomic E-state index is 13.1. The first-order valence-corrected chi connectivity index (χ1v) is 5.55. The van der Waals surface area contributed by atoms with Crippen molar-refractivity contribution in [2.45, 2.75) is 0 Å². The normalized spacial score (nSPS) is 10.4. The van der Waals surface area contributed by atoms with Gasteiger partial charge in [-0.15, -0.1) is 11.3 Å². The highest BCUT2D eigenvalue weighted by atomic mass is 35.5. The molecule has 0 fully saturated rings. The molecule has 0 aliphatic rings. The summed E-state index contributed by atoms with van der Waals surface area (Å²) in [5, 5.41) is 9.06. The van der Waals surface area contributed by atoms with Crippen molar-refractivity contribution in [3.05, 3.63) is 46.0 Å². The summed E-state index contributed by atoms with van der Waals surface area (Å²) in [5.74, 6) is -1.42. The fourth-order valence-corrected chi connectivity index (χ4v) is 2.36. The van der Waals surface area contributed by atoms with Crippen LogP contribution in [0, 0.1) is 5.82 Å². The maximum Gasteiger partial charge on any atom is 0.345 e. The van der Waals surface area contributed by atoms with Crippen LogP contribution in [0.2, 0.25) is 5.02 Å². The van der Waals surface area contributed by atoms with E-state index >= 15 is 0 Å². The number of carboxylic acid groups (broad SMARTS) is 1. The van der Waals surface area contributed by atoms with Crippen molar-refractivity contribution in [3.63, 3.8) is 0 Å². The van der Waals surface area contributed by atoms with Crippen molar-refractivity contribution in [2.24, 2.45) is 0 Å². The molecule has 0 spiro atoms. The molecule has 0 radical (unpaired) electrons. The number of rotatable bonds is 2. The van der Waals surface area contributed by atoms with Crippen molar-refractivity contribution in [1.29, 1.82) is 0 Å². The zero-order valence-electron chi connectivity index (χ0n) is 7.91. The minimum Gasteiger partial charge on any atom is -0.477 e. The van der Waals surface area contributed by atoms with Crippen molar-refractivity contribution < 1.29 is 14.3 Å². The number of halogens is 2. The molecule has 0 saturated carbocycles. The van der Waals surface area contributed by atoms with Crippen molar-refractivity contribution >= 4 is 28.9 Å². The number of hydrogen-bond donors (Lipinski definition) is 1. The smallest absolute Gasteiger partial charge is 0.345 e. The van der Waals surface area contributed by atoms with Gasteiger partial charge >= 0.3 is 5.97 Å². The highest BCUT2D eigenvalue weighted by Crippen LogP contribution is 2.30. The molecule has 0 saturated heterocycles. The van der Waals surface area contributed by atoms with Gasteiger partial charge in [0.05, 0.1) is 0 Å². The highest BCUT2D eigenvalue weighted by molar-refractivity contribution is 7.17. The highest BCUT2D eigenvalue weighted by Gasteiger charge is 2.09. The predicted octanol–water partition coefficient (Wildman–Crippen LogP) is 3.91. The summed E-state index contributed by atoms with van der Waals surface area (Å²) in [4.78, 5) is 11.6. The lowest BCUT2D eigenvalue weighted by atomic mass is 10.2. The first-order chi connectivity index (χ1) is 7.56. The van der Waals surface area contributed by atoms with E-state index in [0.29, 0.717) is 15.5 Å². The fourth-order valence-electron chi connectivity index (χ4n) is 1.30. The Labute approximate surface area is 99.9 Å². The molecule has 5 heteroatoms. The van der Waals surface area contributed by atoms with Crippen LogP contribution >= 0.6 is 22.9 Å². The van der Waals surface area contributed by atoms with Gasteiger partial charge in [-0.2, -0.15) is 0 Å². The van der Waals surface area contributed by atoms with Crippen molar-refractivity contribution in [3.8, 4) is 10.4 Å². The van der Waals surface area contributed by atoms with Gasteiger partial charge in [0.25, 0.3) is 0 Å². The number of thiophene rings is 1. The van der Waals surface area contributed by atoms with E-state index in [1.165, 1.54) is 18.2 Å². The Bertz CT molecular complexity index is 530. The molecule has 16 heavy (non-hydrogen) atoms. The quantitative estimate of drug-likeness (QED) is 0.885. The van der Waals surface area contributed by atoms with E-state index in [0.717, 1.165) is 11.3 Å². The van der Waals surface area contributed by atoms with Gasteiger partial charge in [-0.3, -0.25) is 0 Å². The summed E-state index contributed by atoms with van der Waals surface area (Å²) < 4.78 is 13.1. The van der Waals surface area contributed by atoms with Crippen LogP contribution in [-0.2, 0) is 0 Å². The van der Waals surface area contributed by atoms with Gasteiger partial charge < -0.3 is 5.11 Å². The first kappa shape index (κ1) is 11.1. The van der Waals surface area contributed by atoms with E-state index < -0.39 is 11.8 Å². The van der Waals surface area contributed by atoms with Gasteiger partial charge in [0.2, 0.25) is 0 Å². The van der Waals surface area contributed by atoms with E-state index in [2.05, 4.69) is 0 Å². The van der Waals surface area contributed by atoms with Crippen molar-refractivity contribution in [2.75, 3.05) is 0 Å². The van der Waals surface area contributed by atoms with Gasteiger partial charge in [-0.05, 0) is 35.9 Å². The number of carboxylic acids is 1. The molecule has 1 aromatic heterocycles. The van der Waals surface area contributed by atoms with Crippen LogP contribution in [-0.4, -0.2) is 11.1 Å². The zero-order valence-corrected chi connectivity index (χ0v) is 9.48. The molecular formula is C11H6ClFO2S. The number of aromatic carboxylic acids is 1. The standard InChI is InChI=1S/C11H6ClFO2S/c12-7-3-6(4-8(13)5-7)9-1-2-10(16-9)11(14)15/h1-5H,(H,14,15). The monoisotopic (exact) mass is 256 g/mol. The molecule has 0 bridgehead atoms. The van der Waals surface area contributed by atoms with Crippen LogP contribution in [0.25, 0.3) is 10.4 Å². The molecule has 1 N–H and O–H groups in total. The van der Waals surface area contributed by atoms with Crippen LogP contribution in [0.4, 0.5) is 4.39 Å². The Balaban J connectivity index is 2.46. The lowest BCUT2D eigenvalue weighted by molar-refractivity contribution is 0.0702.